The Balaban J connectivity index is 2.04. The lowest BCUT2D eigenvalue weighted by atomic mass is 10.0. The van der Waals surface area contributed by atoms with E-state index in [9.17, 15) is 4.79 Å². The number of amides is 1. The zero-order chi connectivity index (χ0) is 17.4. The van der Waals surface area contributed by atoms with E-state index in [1.807, 2.05) is 55.5 Å². The van der Waals surface area contributed by atoms with E-state index in [0.29, 0.717) is 17.9 Å². The molecular weight excluding hydrogens is 302 g/mol. The Hall–Kier alpha value is -2.49. The fraction of sp³-hybridized carbons (Fsp3) is 0.350. The van der Waals surface area contributed by atoms with Gasteiger partial charge in [0.1, 0.15) is 11.5 Å². The molecule has 0 saturated carbocycles. The van der Waals surface area contributed by atoms with Crippen LogP contribution in [0.25, 0.3) is 0 Å². The first-order chi connectivity index (χ1) is 11.7. The quantitative estimate of drug-likeness (QED) is 0.793. The van der Waals surface area contributed by atoms with Gasteiger partial charge in [-0.15, -0.1) is 0 Å². The number of carbonyl (C=O) groups is 1. The predicted octanol–water partition coefficient (Wildman–Crippen LogP) is 4.12. The zero-order valence-corrected chi connectivity index (χ0v) is 14.5. The summed E-state index contributed by atoms with van der Waals surface area (Å²) in [6, 6.07) is 17.3. The molecule has 0 aliphatic heterocycles. The third-order valence-corrected chi connectivity index (χ3v) is 3.91. The Morgan fingerprint density at radius 1 is 1.00 bits per heavy atom. The molecule has 1 amide bonds. The SMILES string of the molecule is CCC(Oc1cccc(OC)c1)C(=O)NC(CC)c1ccccc1. The molecule has 2 atom stereocenters. The van der Waals surface area contributed by atoms with E-state index in [0.717, 1.165) is 12.0 Å². The number of methoxy groups -OCH3 is 1. The molecule has 0 aliphatic carbocycles. The van der Waals surface area contributed by atoms with Gasteiger partial charge in [0, 0.05) is 6.07 Å². The molecule has 0 aromatic heterocycles. The lowest BCUT2D eigenvalue weighted by Crippen LogP contribution is -2.39. The summed E-state index contributed by atoms with van der Waals surface area (Å²) in [5, 5.41) is 3.09. The largest absolute Gasteiger partial charge is 0.497 e. The summed E-state index contributed by atoms with van der Waals surface area (Å²) in [6.45, 7) is 4.00. The smallest absolute Gasteiger partial charge is 0.261 e. The first kappa shape index (κ1) is 17.9. The van der Waals surface area contributed by atoms with Gasteiger partial charge in [-0.25, -0.2) is 0 Å². The van der Waals surface area contributed by atoms with E-state index in [1.54, 1.807) is 13.2 Å². The highest BCUT2D eigenvalue weighted by Gasteiger charge is 2.22. The third-order valence-electron chi connectivity index (χ3n) is 3.91. The number of ether oxygens (including phenoxy) is 2. The summed E-state index contributed by atoms with van der Waals surface area (Å²) in [5.41, 5.74) is 1.10. The van der Waals surface area contributed by atoms with Crippen molar-refractivity contribution in [2.45, 2.75) is 38.8 Å². The summed E-state index contributed by atoms with van der Waals surface area (Å²) >= 11 is 0. The van der Waals surface area contributed by atoms with Crippen LogP contribution in [-0.4, -0.2) is 19.1 Å². The van der Waals surface area contributed by atoms with E-state index in [4.69, 9.17) is 9.47 Å². The molecule has 0 radical (unpaired) electrons. The first-order valence-electron chi connectivity index (χ1n) is 8.34. The van der Waals surface area contributed by atoms with E-state index in [-0.39, 0.29) is 11.9 Å². The highest BCUT2D eigenvalue weighted by atomic mass is 16.5. The van der Waals surface area contributed by atoms with Gasteiger partial charge in [-0.1, -0.05) is 50.2 Å². The van der Waals surface area contributed by atoms with Crippen molar-refractivity contribution in [3.63, 3.8) is 0 Å². The number of hydrogen-bond acceptors (Lipinski definition) is 3. The van der Waals surface area contributed by atoms with Crippen molar-refractivity contribution in [1.29, 1.82) is 0 Å². The van der Waals surface area contributed by atoms with Crippen LogP contribution in [0, 0.1) is 0 Å². The topological polar surface area (TPSA) is 47.6 Å². The number of hydrogen-bond donors (Lipinski definition) is 1. The summed E-state index contributed by atoms with van der Waals surface area (Å²) in [4.78, 5) is 12.6. The molecule has 0 saturated heterocycles. The normalized spacial score (nSPS) is 13.0. The molecule has 0 fully saturated rings. The van der Waals surface area contributed by atoms with Gasteiger partial charge in [0.2, 0.25) is 0 Å². The Bertz CT molecular complexity index is 642. The number of carbonyl (C=O) groups excluding carboxylic acids is 1. The van der Waals surface area contributed by atoms with Crippen molar-refractivity contribution in [2.24, 2.45) is 0 Å². The van der Waals surface area contributed by atoms with Crippen LogP contribution in [0.1, 0.15) is 38.3 Å². The maximum absolute atomic E-state index is 12.6. The van der Waals surface area contributed by atoms with Crippen LogP contribution >= 0.6 is 0 Å². The summed E-state index contributed by atoms with van der Waals surface area (Å²) in [5.74, 6) is 1.23. The lowest BCUT2D eigenvalue weighted by molar-refractivity contribution is -0.128. The fourth-order valence-electron chi connectivity index (χ4n) is 2.53. The minimum atomic E-state index is -0.533. The molecule has 128 valence electrons. The number of rotatable bonds is 8. The molecule has 2 aromatic rings. The predicted molar refractivity (Wildman–Crippen MR) is 95.3 cm³/mol. The first-order valence-corrected chi connectivity index (χ1v) is 8.34. The second kappa shape index (κ2) is 8.96. The minimum Gasteiger partial charge on any atom is -0.497 e. The van der Waals surface area contributed by atoms with Crippen LogP contribution in [0.2, 0.25) is 0 Å². The van der Waals surface area contributed by atoms with Gasteiger partial charge < -0.3 is 14.8 Å². The van der Waals surface area contributed by atoms with Crippen LogP contribution in [-0.2, 0) is 4.79 Å². The number of benzene rings is 2. The van der Waals surface area contributed by atoms with Crippen molar-refractivity contribution >= 4 is 5.91 Å². The van der Waals surface area contributed by atoms with Gasteiger partial charge in [0.05, 0.1) is 13.2 Å². The van der Waals surface area contributed by atoms with E-state index >= 15 is 0 Å². The molecule has 2 rings (SSSR count). The summed E-state index contributed by atoms with van der Waals surface area (Å²) in [6.07, 6.45) is 0.884. The Morgan fingerprint density at radius 3 is 2.33 bits per heavy atom. The van der Waals surface area contributed by atoms with E-state index < -0.39 is 6.10 Å². The van der Waals surface area contributed by atoms with Crippen molar-refractivity contribution in [3.05, 3.63) is 60.2 Å². The molecule has 1 N–H and O–H groups in total. The molecule has 2 aromatic carbocycles. The second-order valence-electron chi connectivity index (χ2n) is 5.57. The van der Waals surface area contributed by atoms with Crippen LogP contribution in [0.5, 0.6) is 11.5 Å². The third kappa shape index (κ3) is 4.75. The second-order valence-corrected chi connectivity index (χ2v) is 5.57. The Morgan fingerprint density at radius 2 is 1.71 bits per heavy atom. The number of nitrogens with one attached hydrogen (secondary N) is 1. The molecule has 0 heterocycles. The fourth-order valence-corrected chi connectivity index (χ4v) is 2.53. The molecule has 4 heteroatoms. The molecular formula is C20H25NO3. The highest BCUT2D eigenvalue weighted by molar-refractivity contribution is 5.81. The highest BCUT2D eigenvalue weighted by Crippen LogP contribution is 2.21. The average Bonchev–Trinajstić information content (AvgIpc) is 2.64. The van der Waals surface area contributed by atoms with Gasteiger partial charge in [0.25, 0.3) is 5.91 Å². The van der Waals surface area contributed by atoms with Gasteiger partial charge in [-0.3, -0.25) is 4.79 Å². The molecule has 4 nitrogen and oxygen atoms in total. The standard InChI is InChI=1S/C20H25NO3/c1-4-18(15-10-7-6-8-11-15)21-20(22)19(5-2)24-17-13-9-12-16(14-17)23-3/h6-14,18-19H,4-5H2,1-3H3,(H,21,22). The molecule has 2 unspecified atom stereocenters. The Labute approximate surface area is 143 Å². The Kier molecular flexibility index (Phi) is 6.67. The minimum absolute atomic E-state index is 0.0124. The van der Waals surface area contributed by atoms with E-state index in [1.165, 1.54) is 0 Å². The molecule has 24 heavy (non-hydrogen) atoms. The average molecular weight is 327 g/mol. The van der Waals surface area contributed by atoms with Gasteiger partial charge in [0.15, 0.2) is 6.10 Å². The van der Waals surface area contributed by atoms with Gasteiger partial charge >= 0.3 is 0 Å². The van der Waals surface area contributed by atoms with Crippen LogP contribution in [0.15, 0.2) is 54.6 Å². The van der Waals surface area contributed by atoms with Gasteiger partial charge in [-0.2, -0.15) is 0 Å². The van der Waals surface area contributed by atoms with E-state index in [2.05, 4.69) is 12.2 Å². The van der Waals surface area contributed by atoms with Crippen molar-refractivity contribution in [2.75, 3.05) is 7.11 Å². The summed E-state index contributed by atoms with van der Waals surface area (Å²) < 4.78 is 11.0. The molecule has 0 spiro atoms. The van der Waals surface area contributed by atoms with Crippen molar-refractivity contribution < 1.29 is 14.3 Å². The summed E-state index contributed by atoms with van der Waals surface area (Å²) in [7, 11) is 1.61. The van der Waals surface area contributed by atoms with Crippen molar-refractivity contribution in [3.8, 4) is 11.5 Å². The van der Waals surface area contributed by atoms with Gasteiger partial charge in [-0.05, 0) is 30.5 Å². The van der Waals surface area contributed by atoms with Crippen LogP contribution in [0.3, 0.4) is 0 Å². The monoisotopic (exact) mass is 327 g/mol. The molecule has 0 aliphatic rings. The maximum Gasteiger partial charge on any atom is 0.261 e. The maximum atomic E-state index is 12.6. The zero-order valence-electron chi connectivity index (χ0n) is 14.5. The van der Waals surface area contributed by atoms with Crippen LogP contribution in [0.4, 0.5) is 0 Å². The molecule has 0 bridgehead atoms. The van der Waals surface area contributed by atoms with Crippen LogP contribution < -0.4 is 14.8 Å². The lowest BCUT2D eigenvalue weighted by Gasteiger charge is -2.22. The van der Waals surface area contributed by atoms with Crippen molar-refractivity contribution in [1.82, 2.24) is 5.32 Å².